The zero-order valence-electron chi connectivity index (χ0n) is 12.7. The average Bonchev–Trinajstić information content (AvgIpc) is 3.11. The lowest BCUT2D eigenvalue weighted by Gasteiger charge is -2.43. The van der Waals surface area contributed by atoms with Crippen LogP contribution in [0.15, 0.2) is 36.4 Å². The van der Waals surface area contributed by atoms with E-state index in [0.29, 0.717) is 5.69 Å². The first-order chi connectivity index (χ1) is 10.7. The fourth-order valence-corrected chi connectivity index (χ4v) is 3.97. The number of hydrogen-bond donors (Lipinski definition) is 0. The Morgan fingerprint density at radius 2 is 2.05 bits per heavy atom. The lowest BCUT2D eigenvalue weighted by Crippen LogP contribution is -2.43. The maximum absolute atomic E-state index is 9.22. The minimum absolute atomic E-state index is 0.0675. The van der Waals surface area contributed by atoms with Crippen LogP contribution < -0.4 is 4.90 Å². The van der Waals surface area contributed by atoms with Crippen LogP contribution in [-0.4, -0.2) is 16.5 Å². The molecule has 1 aromatic heterocycles. The molecule has 5 rings (SSSR count). The first-order valence-corrected chi connectivity index (χ1v) is 7.86. The van der Waals surface area contributed by atoms with Gasteiger partial charge in [0.25, 0.3) is 0 Å². The van der Waals surface area contributed by atoms with Crippen molar-refractivity contribution in [2.45, 2.75) is 31.7 Å². The number of hydrogen-bond acceptors (Lipinski definition) is 4. The molecule has 0 unspecified atom stereocenters. The predicted molar refractivity (Wildman–Crippen MR) is 84.3 cm³/mol. The van der Waals surface area contributed by atoms with E-state index in [-0.39, 0.29) is 5.54 Å². The van der Waals surface area contributed by atoms with E-state index in [9.17, 15) is 5.26 Å². The first kappa shape index (κ1) is 13.3. The number of benzene rings is 1. The molecule has 22 heavy (non-hydrogen) atoms. The average molecular weight is 290 g/mol. The summed E-state index contributed by atoms with van der Waals surface area (Å²) in [4.78, 5) is 11.4. The largest absolute Gasteiger partial charge is 0.346 e. The van der Waals surface area contributed by atoms with Gasteiger partial charge in [0.2, 0.25) is 0 Å². The molecule has 0 N–H and O–H groups in total. The van der Waals surface area contributed by atoms with Crippen molar-refractivity contribution in [3.05, 3.63) is 53.5 Å². The van der Waals surface area contributed by atoms with E-state index < -0.39 is 0 Å². The van der Waals surface area contributed by atoms with Gasteiger partial charge in [0.15, 0.2) is 0 Å². The smallest absolute Gasteiger partial charge is 0.146 e. The molecule has 2 aromatic rings. The Morgan fingerprint density at radius 1 is 1.27 bits per heavy atom. The Morgan fingerprint density at radius 3 is 2.73 bits per heavy atom. The highest BCUT2D eigenvalue weighted by atomic mass is 15.3. The van der Waals surface area contributed by atoms with E-state index in [2.05, 4.69) is 46.3 Å². The van der Waals surface area contributed by atoms with E-state index in [0.717, 1.165) is 30.5 Å². The molecule has 3 heterocycles. The van der Waals surface area contributed by atoms with Crippen LogP contribution in [0.3, 0.4) is 0 Å². The fourth-order valence-electron chi connectivity index (χ4n) is 3.97. The van der Waals surface area contributed by atoms with Crippen molar-refractivity contribution < 1.29 is 0 Å². The molecular weight excluding hydrogens is 272 g/mol. The molecule has 1 aromatic carbocycles. The molecule has 2 bridgehead atoms. The number of anilines is 1. The summed E-state index contributed by atoms with van der Waals surface area (Å²) in [5, 5.41) is 9.22. The van der Waals surface area contributed by atoms with Gasteiger partial charge < -0.3 is 4.90 Å². The normalized spacial score (nSPS) is 25.6. The highest BCUT2D eigenvalue weighted by Crippen LogP contribution is 2.57. The summed E-state index contributed by atoms with van der Waals surface area (Å²) in [6.45, 7) is 3.05. The van der Waals surface area contributed by atoms with Gasteiger partial charge >= 0.3 is 0 Å². The molecule has 0 radical (unpaired) electrons. The number of aromatic nitrogens is 2. The third kappa shape index (κ3) is 1.82. The van der Waals surface area contributed by atoms with Crippen molar-refractivity contribution in [3.63, 3.8) is 0 Å². The quantitative estimate of drug-likeness (QED) is 0.872. The molecule has 3 aliphatic rings. The fraction of sp³-hybridized carbons (Fsp3) is 0.389. The number of nitriles is 1. The zero-order valence-corrected chi connectivity index (χ0v) is 12.7. The van der Waals surface area contributed by atoms with Crippen LogP contribution in [0.25, 0.3) is 0 Å². The third-order valence-corrected chi connectivity index (χ3v) is 4.99. The molecule has 4 heteroatoms. The van der Waals surface area contributed by atoms with Crippen molar-refractivity contribution >= 4 is 5.82 Å². The van der Waals surface area contributed by atoms with Gasteiger partial charge in [-0.25, -0.2) is 9.97 Å². The van der Waals surface area contributed by atoms with Crippen LogP contribution in [0.4, 0.5) is 5.82 Å². The Bertz CT molecular complexity index is 741. The van der Waals surface area contributed by atoms with Crippen LogP contribution in [-0.2, 0) is 12.0 Å². The van der Waals surface area contributed by atoms with Crippen LogP contribution in [0.5, 0.6) is 0 Å². The monoisotopic (exact) mass is 290 g/mol. The summed E-state index contributed by atoms with van der Waals surface area (Å²) in [5.74, 6) is 2.40. The van der Waals surface area contributed by atoms with Gasteiger partial charge in [0.1, 0.15) is 23.4 Å². The first-order valence-electron chi connectivity index (χ1n) is 7.86. The highest BCUT2D eigenvalue weighted by Gasteiger charge is 2.57. The van der Waals surface area contributed by atoms with Crippen LogP contribution >= 0.6 is 0 Å². The van der Waals surface area contributed by atoms with Gasteiger partial charge in [-0.2, -0.15) is 5.26 Å². The number of fused-ring (bicyclic) bond motifs is 1. The Kier molecular flexibility index (Phi) is 2.90. The standard InChI is InChI=1S/C18H18N4/c1-2-16-20-15(11-19)8-17(21-16)22-12-13-9-18(22,10-13)14-6-4-3-5-7-14/h3-8,13H,2,9-10,12H2,1H3. The summed E-state index contributed by atoms with van der Waals surface area (Å²) in [6, 6.07) is 14.7. The Balaban J connectivity index is 1.78. The maximum Gasteiger partial charge on any atom is 0.146 e. The number of aryl methyl sites for hydroxylation is 1. The molecule has 1 aliphatic carbocycles. The second-order valence-corrected chi connectivity index (χ2v) is 6.28. The van der Waals surface area contributed by atoms with Crippen LogP contribution in [0.2, 0.25) is 0 Å². The molecule has 2 aliphatic heterocycles. The second-order valence-electron chi connectivity index (χ2n) is 6.28. The molecular formula is C18H18N4. The number of nitrogens with zero attached hydrogens (tertiary/aromatic N) is 4. The molecule has 0 amide bonds. The molecule has 0 atom stereocenters. The highest BCUT2D eigenvalue weighted by molar-refractivity contribution is 5.53. The van der Waals surface area contributed by atoms with E-state index in [4.69, 9.17) is 4.98 Å². The number of rotatable bonds is 3. The maximum atomic E-state index is 9.22. The van der Waals surface area contributed by atoms with Crippen molar-refractivity contribution in [2.75, 3.05) is 11.4 Å². The minimum Gasteiger partial charge on any atom is -0.346 e. The van der Waals surface area contributed by atoms with Crippen molar-refractivity contribution in [1.29, 1.82) is 5.26 Å². The molecule has 2 saturated heterocycles. The summed E-state index contributed by atoms with van der Waals surface area (Å²) in [6.07, 6.45) is 3.12. The van der Waals surface area contributed by atoms with Gasteiger partial charge in [-0.05, 0) is 24.3 Å². The molecule has 0 spiro atoms. The van der Waals surface area contributed by atoms with Gasteiger partial charge in [0.05, 0.1) is 5.54 Å². The molecule has 1 saturated carbocycles. The van der Waals surface area contributed by atoms with Crippen LogP contribution in [0, 0.1) is 17.2 Å². The summed E-state index contributed by atoms with van der Waals surface area (Å²) >= 11 is 0. The van der Waals surface area contributed by atoms with Gasteiger partial charge in [0, 0.05) is 19.0 Å². The molecule has 110 valence electrons. The summed E-state index contributed by atoms with van der Waals surface area (Å²) in [7, 11) is 0. The van der Waals surface area contributed by atoms with E-state index >= 15 is 0 Å². The lowest BCUT2D eigenvalue weighted by atomic mass is 9.69. The summed E-state index contributed by atoms with van der Waals surface area (Å²) < 4.78 is 0. The zero-order chi connectivity index (χ0) is 15.2. The minimum atomic E-state index is 0.0675. The van der Waals surface area contributed by atoms with Gasteiger partial charge in [-0.3, -0.25) is 0 Å². The topological polar surface area (TPSA) is 52.8 Å². The third-order valence-electron chi connectivity index (χ3n) is 4.99. The van der Waals surface area contributed by atoms with Gasteiger partial charge in [-0.15, -0.1) is 0 Å². The van der Waals surface area contributed by atoms with E-state index in [1.165, 1.54) is 18.4 Å². The Hall–Kier alpha value is -2.41. The van der Waals surface area contributed by atoms with Crippen molar-refractivity contribution in [1.82, 2.24) is 9.97 Å². The summed E-state index contributed by atoms with van der Waals surface area (Å²) in [5.41, 5.74) is 1.89. The lowest BCUT2D eigenvalue weighted by molar-refractivity contribution is 0.246. The van der Waals surface area contributed by atoms with E-state index in [1.54, 1.807) is 0 Å². The molecule has 4 nitrogen and oxygen atoms in total. The van der Waals surface area contributed by atoms with Crippen LogP contribution in [0.1, 0.15) is 36.8 Å². The van der Waals surface area contributed by atoms with Crippen molar-refractivity contribution in [3.8, 4) is 6.07 Å². The molecule has 3 fully saturated rings. The van der Waals surface area contributed by atoms with E-state index in [1.807, 2.05) is 13.0 Å². The Labute approximate surface area is 130 Å². The SMILES string of the molecule is CCc1nc(C#N)cc(N2CC3CC2(c2ccccc2)C3)n1. The second kappa shape index (κ2) is 4.81. The van der Waals surface area contributed by atoms with Crippen molar-refractivity contribution in [2.24, 2.45) is 5.92 Å². The van der Waals surface area contributed by atoms with Gasteiger partial charge in [-0.1, -0.05) is 37.3 Å². The predicted octanol–water partition coefficient (Wildman–Crippen LogP) is 3.04.